The van der Waals surface area contributed by atoms with Gasteiger partial charge in [0.25, 0.3) is 0 Å². The molecule has 5 heteroatoms. The fraction of sp³-hybridized carbons (Fsp3) is 0.500. The van der Waals surface area contributed by atoms with E-state index in [-0.39, 0.29) is 18.8 Å². The Kier molecular flexibility index (Phi) is 8.96. The Morgan fingerprint density at radius 1 is 0.931 bits per heavy atom. The zero-order valence-corrected chi connectivity index (χ0v) is 17.2. The highest BCUT2D eigenvalue weighted by Gasteiger charge is 2.26. The largest absolute Gasteiger partial charge is 0.497 e. The number of hydrogen-bond acceptors (Lipinski definition) is 5. The molecule has 1 saturated heterocycles. The van der Waals surface area contributed by atoms with Crippen molar-refractivity contribution >= 4 is 0 Å². The second-order valence-electron chi connectivity index (χ2n) is 7.51. The van der Waals surface area contributed by atoms with Crippen molar-refractivity contribution < 1.29 is 24.1 Å². The molecule has 158 valence electrons. The van der Waals surface area contributed by atoms with Gasteiger partial charge in [-0.1, -0.05) is 55.3 Å². The molecule has 0 aromatic heterocycles. The Hall–Kier alpha value is -1.92. The van der Waals surface area contributed by atoms with Crippen LogP contribution in [-0.4, -0.2) is 43.7 Å². The van der Waals surface area contributed by atoms with Gasteiger partial charge < -0.3 is 24.1 Å². The molecule has 1 heterocycles. The first-order valence-electron chi connectivity index (χ1n) is 10.4. The van der Waals surface area contributed by atoms with Crippen LogP contribution in [0.1, 0.15) is 36.8 Å². The van der Waals surface area contributed by atoms with E-state index in [2.05, 4.69) is 12.1 Å². The van der Waals surface area contributed by atoms with E-state index in [4.69, 9.17) is 18.9 Å². The molecule has 0 radical (unpaired) electrons. The van der Waals surface area contributed by atoms with Crippen molar-refractivity contribution in [2.45, 2.75) is 57.2 Å². The fourth-order valence-corrected chi connectivity index (χ4v) is 3.52. The van der Waals surface area contributed by atoms with Gasteiger partial charge in [-0.2, -0.15) is 0 Å². The van der Waals surface area contributed by atoms with Crippen molar-refractivity contribution in [1.29, 1.82) is 0 Å². The van der Waals surface area contributed by atoms with Crippen molar-refractivity contribution in [1.82, 2.24) is 0 Å². The average Bonchev–Trinajstić information content (AvgIpc) is 3.01. The second kappa shape index (κ2) is 11.9. The molecule has 0 unspecified atom stereocenters. The fourth-order valence-electron chi connectivity index (χ4n) is 3.52. The monoisotopic (exact) mass is 400 g/mol. The molecule has 2 aromatic carbocycles. The molecule has 29 heavy (non-hydrogen) atoms. The normalized spacial score (nSPS) is 20.8. The van der Waals surface area contributed by atoms with Gasteiger partial charge in [-0.3, -0.25) is 0 Å². The molecule has 0 bridgehead atoms. The zero-order valence-electron chi connectivity index (χ0n) is 17.2. The van der Waals surface area contributed by atoms with Gasteiger partial charge in [0.05, 0.1) is 45.7 Å². The summed E-state index contributed by atoms with van der Waals surface area (Å²) in [5.74, 6) is 0.821. The Bertz CT molecular complexity index is 688. The highest BCUT2D eigenvalue weighted by Crippen LogP contribution is 2.22. The van der Waals surface area contributed by atoms with Crippen LogP contribution in [0.25, 0.3) is 0 Å². The van der Waals surface area contributed by atoms with E-state index in [0.717, 1.165) is 42.6 Å². The zero-order chi connectivity index (χ0) is 20.3. The molecule has 0 saturated carbocycles. The average molecular weight is 401 g/mol. The lowest BCUT2D eigenvalue weighted by Crippen LogP contribution is -2.36. The molecule has 1 aliphatic rings. The molecule has 0 spiro atoms. The van der Waals surface area contributed by atoms with Crippen LogP contribution in [-0.2, 0) is 27.4 Å². The summed E-state index contributed by atoms with van der Waals surface area (Å²) in [6.45, 7) is 1.84. The number of methoxy groups -OCH3 is 1. The molecule has 0 amide bonds. The minimum absolute atomic E-state index is 0.0162. The van der Waals surface area contributed by atoms with Gasteiger partial charge in [-0.15, -0.1) is 0 Å². The number of rotatable bonds is 10. The van der Waals surface area contributed by atoms with E-state index < -0.39 is 6.10 Å². The maximum Gasteiger partial charge on any atom is 0.118 e. The van der Waals surface area contributed by atoms with Crippen molar-refractivity contribution in [3.63, 3.8) is 0 Å². The summed E-state index contributed by atoms with van der Waals surface area (Å²) < 4.78 is 22.9. The minimum atomic E-state index is -0.636. The van der Waals surface area contributed by atoms with Crippen LogP contribution in [0.4, 0.5) is 0 Å². The quantitative estimate of drug-likeness (QED) is 0.650. The van der Waals surface area contributed by atoms with E-state index >= 15 is 0 Å². The van der Waals surface area contributed by atoms with Crippen LogP contribution in [0.5, 0.6) is 5.75 Å². The Labute approximate surface area is 173 Å². The molecule has 1 N–H and O–H groups in total. The number of hydrogen-bond donors (Lipinski definition) is 1. The van der Waals surface area contributed by atoms with Gasteiger partial charge >= 0.3 is 0 Å². The van der Waals surface area contributed by atoms with E-state index in [1.807, 2.05) is 42.5 Å². The maximum atomic E-state index is 10.6. The van der Waals surface area contributed by atoms with Crippen LogP contribution >= 0.6 is 0 Å². The van der Waals surface area contributed by atoms with Gasteiger partial charge in [0, 0.05) is 0 Å². The number of aliphatic hydroxyl groups is 1. The first-order chi connectivity index (χ1) is 14.2. The topological polar surface area (TPSA) is 57.2 Å². The lowest BCUT2D eigenvalue weighted by Gasteiger charge is -2.25. The van der Waals surface area contributed by atoms with E-state index in [0.29, 0.717) is 19.8 Å². The summed E-state index contributed by atoms with van der Waals surface area (Å²) in [5, 5.41) is 10.6. The SMILES string of the molecule is COc1ccc(COC[C@H](O)[C@H]2CCCC[C@@H](COCc3ccccc3)O2)cc1. The van der Waals surface area contributed by atoms with E-state index in [1.54, 1.807) is 7.11 Å². The molecule has 5 nitrogen and oxygen atoms in total. The standard InChI is InChI=1S/C24H32O5/c1-26-21-13-11-20(12-14-21)16-28-18-23(25)24-10-6-5-9-22(29-24)17-27-15-19-7-3-2-4-8-19/h2-4,7-8,11-14,22-25H,5-6,9-10,15-18H2,1H3/t22-,23-,24+/m0/s1. The van der Waals surface area contributed by atoms with Crippen molar-refractivity contribution in [3.8, 4) is 5.75 Å². The lowest BCUT2D eigenvalue weighted by molar-refractivity contribution is -0.118. The third-order valence-electron chi connectivity index (χ3n) is 5.19. The molecule has 3 atom stereocenters. The number of benzene rings is 2. The summed E-state index contributed by atoms with van der Waals surface area (Å²) in [4.78, 5) is 0. The minimum Gasteiger partial charge on any atom is -0.497 e. The molecular formula is C24H32O5. The lowest BCUT2D eigenvalue weighted by atomic mass is 10.1. The smallest absolute Gasteiger partial charge is 0.118 e. The van der Waals surface area contributed by atoms with Gasteiger partial charge in [-0.25, -0.2) is 0 Å². The Morgan fingerprint density at radius 3 is 2.38 bits per heavy atom. The predicted molar refractivity (Wildman–Crippen MR) is 112 cm³/mol. The maximum absolute atomic E-state index is 10.6. The van der Waals surface area contributed by atoms with Gasteiger partial charge in [0.15, 0.2) is 0 Å². The highest BCUT2D eigenvalue weighted by molar-refractivity contribution is 5.26. The van der Waals surface area contributed by atoms with Crippen LogP contribution in [0.3, 0.4) is 0 Å². The molecule has 3 rings (SSSR count). The molecule has 2 aromatic rings. The first kappa shape index (κ1) is 21.8. The predicted octanol–water partition coefficient (Wildman–Crippen LogP) is 4.12. The Balaban J connectivity index is 1.39. The van der Waals surface area contributed by atoms with Crippen LogP contribution < -0.4 is 4.74 Å². The van der Waals surface area contributed by atoms with Gasteiger partial charge in [0.2, 0.25) is 0 Å². The molecular weight excluding hydrogens is 368 g/mol. The van der Waals surface area contributed by atoms with Crippen molar-refractivity contribution in [2.24, 2.45) is 0 Å². The summed E-state index contributed by atoms with van der Waals surface area (Å²) >= 11 is 0. The second-order valence-corrected chi connectivity index (χ2v) is 7.51. The third-order valence-corrected chi connectivity index (χ3v) is 5.19. The number of aliphatic hydroxyl groups excluding tert-OH is 1. The number of ether oxygens (including phenoxy) is 4. The molecule has 0 aliphatic carbocycles. The van der Waals surface area contributed by atoms with Crippen molar-refractivity contribution in [3.05, 3.63) is 65.7 Å². The summed E-state index contributed by atoms with van der Waals surface area (Å²) in [5.41, 5.74) is 2.21. The van der Waals surface area contributed by atoms with Crippen LogP contribution in [0, 0.1) is 0 Å². The van der Waals surface area contributed by atoms with E-state index in [9.17, 15) is 5.11 Å². The van der Waals surface area contributed by atoms with Crippen LogP contribution in [0.2, 0.25) is 0 Å². The van der Waals surface area contributed by atoms with Gasteiger partial charge in [0.1, 0.15) is 11.9 Å². The van der Waals surface area contributed by atoms with Crippen molar-refractivity contribution in [2.75, 3.05) is 20.3 Å². The summed E-state index contributed by atoms with van der Waals surface area (Å²) in [6, 6.07) is 17.9. The molecule has 1 fully saturated rings. The van der Waals surface area contributed by atoms with Gasteiger partial charge in [-0.05, 0) is 36.1 Å². The van der Waals surface area contributed by atoms with E-state index in [1.165, 1.54) is 0 Å². The Morgan fingerprint density at radius 2 is 1.62 bits per heavy atom. The first-order valence-corrected chi connectivity index (χ1v) is 10.4. The molecule has 1 aliphatic heterocycles. The summed E-state index contributed by atoms with van der Waals surface area (Å²) in [6.07, 6.45) is 3.13. The highest BCUT2D eigenvalue weighted by atomic mass is 16.6. The summed E-state index contributed by atoms with van der Waals surface area (Å²) in [7, 11) is 1.65. The van der Waals surface area contributed by atoms with Crippen LogP contribution in [0.15, 0.2) is 54.6 Å². The third kappa shape index (κ3) is 7.44.